The van der Waals surface area contributed by atoms with Gasteiger partial charge in [0.05, 0.1) is 5.69 Å². The van der Waals surface area contributed by atoms with Gasteiger partial charge in [-0.25, -0.2) is 4.98 Å². The summed E-state index contributed by atoms with van der Waals surface area (Å²) in [6.45, 7) is 0.319. The number of nitrogen functional groups attached to an aromatic ring is 1. The minimum atomic E-state index is -0.280. The van der Waals surface area contributed by atoms with Crippen LogP contribution in [-0.4, -0.2) is 44.8 Å². The SMILES string of the molecule is Nc1nc(-c2ccc(NC(=O)CN(CCc3ccncc3)C(=O)c3ccncc3)cc2)cs1. The molecule has 3 N–H and O–H groups in total. The van der Waals surface area contributed by atoms with Gasteiger partial charge in [-0.05, 0) is 48.4 Å². The van der Waals surface area contributed by atoms with Crippen molar-refractivity contribution in [2.75, 3.05) is 24.1 Å². The number of aromatic nitrogens is 3. The monoisotopic (exact) mass is 458 g/mol. The number of hydrogen-bond donors (Lipinski definition) is 2. The number of rotatable bonds is 8. The van der Waals surface area contributed by atoms with Gasteiger partial charge in [-0.3, -0.25) is 19.6 Å². The first-order chi connectivity index (χ1) is 16.1. The summed E-state index contributed by atoms with van der Waals surface area (Å²) >= 11 is 1.38. The van der Waals surface area contributed by atoms with E-state index in [-0.39, 0.29) is 18.4 Å². The zero-order valence-corrected chi connectivity index (χ0v) is 18.5. The molecule has 4 aromatic rings. The minimum Gasteiger partial charge on any atom is -0.375 e. The first kappa shape index (κ1) is 22.1. The lowest BCUT2D eigenvalue weighted by Gasteiger charge is -2.22. The molecule has 2 amide bonds. The van der Waals surface area contributed by atoms with Crippen molar-refractivity contribution in [2.24, 2.45) is 0 Å². The number of carbonyl (C=O) groups excluding carboxylic acids is 2. The van der Waals surface area contributed by atoms with Gasteiger partial charge >= 0.3 is 0 Å². The number of nitrogens with one attached hydrogen (secondary N) is 1. The highest BCUT2D eigenvalue weighted by atomic mass is 32.1. The van der Waals surface area contributed by atoms with E-state index in [1.54, 1.807) is 49.1 Å². The molecule has 0 spiro atoms. The van der Waals surface area contributed by atoms with E-state index in [4.69, 9.17) is 5.73 Å². The second-order valence-electron chi connectivity index (χ2n) is 7.26. The third-order valence-electron chi connectivity index (χ3n) is 4.96. The van der Waals surface area contributed by atoms with Crippen LogP contribution < -0.4 is 11.1 Å². The van der Waals surface area contributed by atoms with Crippen LogP contribution in [0.2, 0.25) is 0 Å². The van der Waals surface area contributed by atoms with Gasteiger partial charge in [0.15, 0.2) is 5.13 Å². The summed E-state index contributed by atoms with van der Waals surface area (Å²) in [4.78, 5) is 39.6. The summed E-state index contributed by atoms with van der Waals surface area (Å²) in [7, 11) is 0. The van der Waals surface area contributed by atoms with Crippen LogP contribution in [0.3, 0.4) is 0 Å². The number of thiazole rings is 1. The lowest BCUT2D eigenvalue weighted by Crippen LogP contribution is -2.39. The Labute approximate surface area is 195 Å². The standard InChI is InChI=1S/C24H22N6O2S/c25-24-29-21(16-33-24)18-1-3-20(4-2-18)28-22(31)15-30(14-9-17-5-10-26-11-6-17)23(32)19-7-12-27-13-8-19/h1-8,10-13,16H,9,14-15H2,(H2,25,29)(H,28,31). The first-order valence-corrected chi connectivity index (χ1v) is 11.2. The number of amides is 2. The fraction of sp³-hybridized carbons (Fsp3) is 0.125. The van der Waals surface area contributed by atoms with E-state index in [2.05, 4.69) is 20.3 Å². The molecule has 0 bridgehead atoms. The maximum absolute atomic E-state index is 13.0. The molecule has 0 saturated carbocycles. The molecule has 0 aliphatic rings. The summed E-state index contributed by atoms with van der Waals surface area (Å²) in [6.07, 6.45) is 7.15. The Morgan fingerprint density at radius 3 is 2.24 bits per heavy atom. The van der Waals surface area contributed by atoms with Crippen LogP contribution in [0.5, 0.6) is 0 Å². The Hall–Kier alpha value is -4.11. The van der Waals surface area contributed by atoms with E-state index in [0.717, 1.165) is 16.8 Å². The molecule has 0 aliphatic carbocycles. The quantitative estimate of drug-likeness (QED) is 0.418. The van der Waals surface area contributed by atoms with Crippen LogP contribution in [0.1, 0.15) is 15.9 Å². The van der Waals surface area contributed by atoms with Gasteiger partial charge in [-0.15, -0.1) is 11.3 Å². The second-order valence-corrected chi connectivity index (χ2v) is 8.15. The molecule has 33 heavy (non-hydrogen) atoms. The molecule has 1 aromatic carbocycles. The van der Waals surface area contributed by atoms with Crippen LogP contribution in [0.4, 0.5) is 10.8 Å². The molecule has 0 unspecified atom stereocenters. The molecule has 3 aromatic heterocycles. The zero-order valence-electron chi connectivity index (χ0n) is 17.7. The Balaban J connectivity index is 1.43. The molecule has 3 heterocycles. The molecule has 0 atom stereocenters. The fourth-order valence-corrected chi connectivity index (χ4v) is 3.83. The minimum absolute atomic E-state index is 0.0728. The van der Waals surface area contributed by atoms with Gasteiger partial charge < -0.3 is 16.0 Å². The van der Waals surface area contributed by atoms with Crippen LogP contribution in [-0.2, 0) is 11.2 Å². The zero-order chi connectivity index (χ0) is 23.0. The van der Waals surface area contributed by atoms with Crippen molar-refractivity contribution < 1.29 is 9.59 Å². The molecule has 0 fully saturated rings. The predicted octanol–water partition coefficient (Wildman–Crippen LogP) is 3.51. The van der Waals surface area contributed by atoms with E-state index in [0.29, 0.717) is 29.3 Å². The predicted molar refractivity (Wildman–Crippen MR) is 129 cm³/mol. The summed E-state index contributed by atoms with van der Waals surface area (Å²) in [6, 6.07) is 14.4. The third-order valence-corrected chi connectivity index (χ3v) is 5.63. The molecule has 166 valence electrons. The molecule has 9 heteroatoms. The number of pyridine rings is 2. The van der Waals surface area contributed by atoms with Gasteiger partial charge in [-0.2, -0.15) is 0 Å². The third kappa shape index (κ3) is 5.98. The Morgan fingerprint density at radius 1 is 0.939 bits per heavy atom. The number of carbonyl (C=O) groups is 2. The Kier molecular flexibility index (Phi) is 7.01. The first-order valence-electron chi connectivity index (χ1n) is 10.3. The van der Waals surface area contributed by atoms with Gasteiger partial charge in [-0.1, -0.05) is 12.1 Å². The normalized spacial score (nSPS) is 10.5. The maximum Gasteiger partial charge on any atom is 0.254 e. The lowest BCUT2D eigenvalue weighted by molar-refractivity contribution is -0.116. The van der Waals surface area contributed by atoms with Crippen molar-refractivity contribution in [3.05, 3.63) is 89.8 Å². The molecule has 8 nitrogen and oxygen atoms in total. The highest BCUT2D eigenvalue weighted by molar-refractivity contribution is 7.13. The summed E-state index contributed by atoms with van der Waals surface area (Å²) in [5.74, 6) is -0.504. The smallest absolute Gasteiger partial charge is 0.254 e. The largest absolute Gasteiger partial charge is 0.375 e. The molecule has 0 radical (unpaired) electrons. The number of nitrogens with two attached hydrogens (primary N) is 1. The number of anilines is 2. The van der Waals surface area contributed by atoms with Crippen LogP contribution in [0.25, 0.3) is 11.3 Å². The average molecular weight is 459 g/mol. The Bertz CT molecular complexity index is 1210. The topological polar surface area (TPSA) is 114 Å². The Morgan fingerprint density at radius 2 is 1.61 bits per heavy atom. The van der Waals surface area contributed by atoms with Crippen molar-refractivity contribution in [1.29, 1.82) is 0 Å². The fourth-order valence-electron chi connectivity index (χ4n) is 3.26. The van der Waals surface area contributed by atoms with Crippen LogP contribution in [0, 0.1) is 0 Å². The van der Waals surface area contributed by atoms with Crippen molar-refractivity contribution in [3.63, 3.8) is 0 Å². The molecule has 0 aliphatic heterocycles. The second kappa shape index (κ2) is 10.5. The van der Waals surface area contributed by atoms with Crippen molar-refractivity contribution in [2.45, 2.75) is 6.42 Å². The van der Waals surface area contributed by atoms with Gasteiger partial charge in [0.1, 0.15) is 6.54 Å². The van der Waals surface area contributed by atoms with Crippen LogP contribution in [0.15, 0.2) is 78.7 Å². The van der Waals surface area contributed by atoms with Crippen molar-refractivity contribution in [3.8, 4) is 11.3 Å². The van der Waals surface area contributed by atoms with Crippen molar-refractivity contribution >= 4 is 34.0 Å². The van der Waals surface area contributed by atoms with E-state index < -0.39 is 0 Å². The highest BCUT2D eigenvalue weighted by Gasteiger charge is 2.19. The van der Waals surface area contributed by atoms with Gasteiger partial charge in [0.2, 0.25) is 5.91 Å². The molecule has 4 rings (SSSR count). The summed E-state index contributed by atoms with van der Waals surface area (Å²) < 4.78 is 0. The van der Waals surface area contributed by atoms with Gasteiger partial charge in [0, 0.05) is 53.5 Å². The molecular formula is C24H22N6O2S. The number of hydrogen-bond acceptors (Lipinski definition) is 7. The maximum atomic E-state index is 13.0. The number of nitrogens with zero attached hydrogens (tertiary/aromatic N) is 4. The van der Waals surface area contributed by atoms with Crippen molar-refractivity contribution in [1.82, 2.24) is 19.9 Å². The van der Waals surface area contributed by atoms with E-state index in [9.17, 15) is 9.59 Å². The lowest BCUT2D eigenvalue weighted by atomic mass is 10.1. The highest BCUT2D eigenvalue weighted by Crippen LogP contribution is 2.24. The summed E-state index contributed by atoms with van der Waals surface area (Å²) in [5, 5.41) is 5.25. The molecular weight excluding hydrogens is 436 g/mol. The average Bonchev–Trinajstić information content (AvgIpc) is 3.29. The van der Waals surface area contributed by atoms with E-state index in [1.807, 2.05) is 29.6 Å². The van der Waals surface area contributed by atoms with Gasteiger partial charge in [0.25, 0.3) is 5.91 Å². The molecule has 0 saturated heterocycles. The van der Waals surface area contributed by atoms with Crippen LogP contribution >= 0.6 is 11.3 Å². The summed E-state index contributed by atoms with van der Waals surface area (Å²) in [5.41, 5.74) is 9.56. The number of benzene rings is 1. The van der Waals surface area contributed by atoms with E-state index in [1.165, 1.54) is 16.2 Å². The van der Waals surface area contributed by atoms with E-state index >= 15 is 0 Å².